The fraction of sp³-hybridized carbons (Fsp3) is 0.562. The molecule has 1 aromatic heterocycles. The summed E-state index contributed by atoms with van der Waals surface area (Å²) in [4.78, 5) is 77.2. The standard InChI is InChI=1S/C32H42FN2O17P/c1-7-22(24(37)21-11-9-8-10-12-21)25(38)51-26-31(6,42)27(35-14-13-23(36)34-28(35)39)52-32(26,15-33)16-46-53(43,47-17-44-29(40)49-19(2)3)48-18-45-30(41)50-20(4)5/h8-14,19-20,22,26-27,42H,7,15-18H2,1-6H3,(H,34,36,39)/t22?,26-,27+,31+,32+/m0/s1. The highest BCUT2D eigenvalue weighted by Gasteiger charge is 2.66. The van der Waals surface area contributed by atoms with Gasteiger partial charge in [0.05, 0.1) is 18.8 Å². The Morgan fingerprint density at radius 3 is 2.02 bits per heavy atom. The number of halogens is 1. The largest absolute Gasteiger partial charge is 0.510 e. The Hall–Kier alpha value is -4.46. The van der Waals surface area contributed by atoms with E-state index in [2.05, 4.69) is 0 Å². The van der Waals surface area contributed by atoms with E-state index in [1.165, 1.54) is 46.8 Å². The van der Waals surface area contributed by atoms with Crippen molar-refractivity contribution >= 4 is 31.9 Å². The van der Waals surface area contributed by atoms with Gasteiger partial charge in [-0.05, 0) is 41.0 Å². The van der Waals surface area contributed by atoms with Gasteiger partial charge in [0.25, 0.3) is 5.56 Å². The molecule has 0 saturated carbocycles. The third-order valence-corrected chi connectivity index (χ3v) is 8.68. The first-order valence-corrected chi connectivity index (χ1v) is 17.6. The molecule has 1 saturated heterocycles. The Kier molecular flexibility index (Phi) is 15.0. The summed E-state index contributed by atoms with van der Waals surface area (Å²) < 4.78 is 75.6. The van der Waals surface area contributed by atoms with Gasteiger partial charge in [0.2, 0.25) is 13.6 Å². The molecule has 53 heavy (non-hydrogen) atoms. The van der Waals surface area contributed by atoms with Crippen molar-refractivity contribution in [2.45, 2.75) is 83.7 Å². The lowest BCUT2D eigenvalue weighted by molar-refractivity contribution is -0.178. The Morgan fingerprint density at radius 2 is 1.53 bits per heavy atom. The van der Waals surface area contributed by atoms with Crippen molar-refractivity contribution in [3.05, 3.63) is 69.0 Å². The Bertz CT molecular complexity index is 1710. The van der Waals surface area contributed by atoms with Crippen LogP contribution in [0.15, 0.2) is 52.2 Å². The molecule has 1 aliphatic rings. The van der Waals surface area contributed by atoms with Crippen molar-refractivity contribution in [3.8, 4) is 0 Å². The molecule has 19 nitrogen and oxygen atoms in total. The maximum atomic E-state index is 15.4. The third-order valence-electron chi connectivity index (χ3n) is 7.39. The topological polar surface area (TPSA) is 244 Å². The van der Waals surface area contributed by atoms with Crippen LogP contribution in [0.1, 0.15) is 64.5 Å². The lowest BCUT2D eigenvalue weighted by Crippen LogP contribution is -2.56. The molecule has 0 spiro atoms. The van der Waals surface area contributed by atoms with E-state index in [-0.39, 0.29) is 12.0 Å². The monoisotopic (exact) mass is 776 g/mol. The molecule has 2 heterocycles. The summed E-state index contributed by atoms with van der Waals surface area (Å²) in [6.07, 6.45) is -6.98. The number of aromatic amines is 1. The van der Waals surface area contributed by atoms with E-state index in [9.17, 15) is 38.4 Å². The van der Waals surface area contributed by atoms with Crippen LogP contribution in [-0.2, 0) is 51.4 Å². The predicted molar refractivity (Wildman–Crippen MR) is 176 cm³/mol. The lowest BCUT2D eigenvalue weighted by atomic mass is 9.87. The van der Waals surface area contributed by atoms with E-state index in [0.29, 0.717) is 4.57 Å². The van der Waals surface area contributed by atoms with Gasteiger partial charge in [-0.1, -0.05) is 37.3 Å². The molecule has 0 radical (unpaired) electrons. The number of esters is 1. The second-order valence-electron chi connectivity index (χ2n) is 12.3. The first-order chi connectivity index (χ1) is 24.9. The molecule has 3 rings (SSSR count). The van der Waals surface area contributed by atoms with Gasteiger partial charge >= 0.3 is 31.8 Å². The van der Waals surface area contributed by atoms with Gasteiger partial charge in [-0.25, -0.2) is 32.4 Å². The fourth-order valence-corrected chi connectivity index (χ4v) is 5.95. The van der Waals surface area contributed by atoms with Crippen LogP contribution in [0.4, 0.5) is 14.0 Å². The van der Waals surface area contributed by atoms with Crippen LogP contribution in [0.25, 0.3) is 0 Å². The summed E-state index contributed by atoms with van der Waals surface area (Å²) in [7, 11) is -5.10. The van der Waals surface area contributed by atoms with E-state index in [0.717, 1.165) is 19.2 Å². The molecule has 21 heteroatoms. The SMILES string of the molecule is CCC(C(=O)O[C@@H]1[C@@](CF)(COP(=O)(OCOC(=O)OC(C)C)OCOC(=O)OC(C)C)O[C@@H](n2ccc(=O)[nH]c2=O)[C@]1(C)O)C(=O)c1ccccc1. The molecule has 5 atom stereocenters. The van der Waals surface area contributed by atoms with Crippen LogP contribution >= 0.6 is 7.82 Å². The molecule has 1 fully saturated rings. The summed E-state index contributed by atoms with van der Waals surface area (Å²) in [5, 5.41) is 11.8. The van der Waals surface area contributed by atoms with Crippen LogP contribution < -0.4 is 11.2 Å². The van der Waals surface area contributed by atoms with E-state index in [4.69, 9.17) is 42.0 Å². The summed E-state index contributed by atoms with van der Waals surface area (Å²) in [5.41, 5.74) is -7.00. The zero-order valence-corrected chi connectivity index (χ0v) is 30.6. The number of rotatable bonds is 18. The number of H-pyrrole nitrogens is 1. The smallest absolute Gasteiger partial charge is 0.455 e. The lowest BCUT2D eigenvalue weighted by Gasteiger charge is -2.35. The third kappa shape index (κ3) is 11.3. The minimum Gasteiger partial charge on any atom is -0.455 e. The minimum atomic E-state index is -5.10. The molecule has 0 amide bonds. The minimum absolute atomic E-state index is 0.0976. The van der Waals surface area contributed by atoms with Gasteiger partial charge in [0, 0.05) is 17.8 Å². The summed E-state index contributed by atoms with van der Waals surface area (Å²) in [6, 6.07) is 8.60. The summed E-state index contributed by atoms with van der Waals surface area (Å²) in [5.74, 6) is -3.36. The number of phosphoric acid groups is 1. The molecule has 1 aromatic carbocycles. The Labute approximate surface area is 302 Å². The van der Waals surface area contributed by atoms with Crippen molar-refractivity contribution < 1.29 is 75.2 Å². The van der Waals surface area contributed by atoms with Crippen LogP contribution in [0.2, 0.25) is 0 Å². The Morgan fingerprint density at radius 1 is 0.962 bits per heavy atom. The second-order valence-corrected chi connectivity index (χ2v) is 13.9. The number of benzene rings is 1. The highest BCUT2D eigenvalue weighted by Crippen LogP contribution is 2.53. The molecule has 0 aliphatic carbocycles. The first kappa shape index (κ1) is 42.9. The average molecular weight is 777 g/mol. The first-order valence-electron chi connectivity index (χ1n) is 16.2. The molecule has 294 valence electrons. The van der Waals surface area contributed by atoms with Crippen molar-refractivity contribution in [3.63, 3.8) is 0 Å². The molecular formula is C32H42FN2O17P. The quantitative estimate of drug-likeness (QED) is 0.0549. The molecule has 1 aliphatic heterocycles. The molecular weight excluding hydrogens is 734 g/mol. The fourth-order valence-electron chi connectivity index (χ4n) is 4.98. The van der Waals surface area contributed by atoms with Crippen LogP contribution in [-0.4, -0.2) is 95.1 Å². The van der Waals surface area contributed by atoms with Gasteiger partial charge in [-0.15, -0.1) is 0 Å². The maximum absolute atomic E-state index is 15.4. The van der Waals surface area contributed by atoms with Crippen LogP contribution in [0, 0.1) is 5.92 Å². The van der Waals surface area contributed by atoms with Gasteiger partial charge in [0.1, 0.15) is 18.2 Å². The number of carbonyl (C=O) groups excluding carboxylic acids is 4. The van der Waals surface area contributed by atoms with E-state index >= 15 is 4.39 Å². The number of ketones is 1. The second kappa shape index (κ2) is 18.5. The number of hydrogen-bond donors (Lipinski definition) is 2. The van der Waals surface area contributed by atoms with Crippen LogP contribution in [0.3, 0.4) is 0 Å². The van der Waals surface area contributed by atoms with Crippen molar-refractivity contribution in [1.29, 1.82) is 0 Å². The van der Waals surface area contributed by atoms with Gasteiger partial charge in [0.15, 0.2) is 23.7 Å². The molecule has 0 bridgehead atoms. The predicted octanol–water partition coefficient (Wildman–Crippen LogP) is 3.54. The molecule has 2 aromatic rings. The number of ether oxygens (including phenoxy) is 6. The number of aromatic nitrogens is 2. The Balaban J connectivity index is 2.00. The van der Waals surface area contributed by atoms with E-state index < -0.39 is 112 Å². The van der Waals surface area contributed by atoms with Crippen molar-refractivity contribution in [2.24, 2.45) is 5.92 Å². The number of carbonyl (C=O) groups is 4. The number of Topliss-reactive ketones (excluding diaryl/α,β-unsaturated/α-hetero) is 1. The number of alkyl halides is 1. The highest BCUT2D eigenvalue weighted by atomic mass is 31.2. The van der Waals surface area contributed by atoms with Gasteiger partial charge in [-0.2, -0.15) is 0 Å². The van der Waals surface area contributed by atoms with Crippen molar-refractivity contribution in [1.82, 2.24) is 9.55 Å². The number of aliphatic hydroxyl groups is 1. The molecule has 2 N–H and O–H groups in total. The van der Waals surface area contributed by atoms with Crippen LogP contribution in [0.5, 0.6) is 0 Å². The number of phosphoric ester groups is 1. The van der Waals surface area contributed by atoms with E-state index in [1.807, 2.05) is 4.98 Å². The zero-order chi connectivity index (χ0) is 39.6. The maximum Gasteiger partial charge on any atom is 0.510 e. The summed E-state index contributed by atoms with van der Waals surface area (Å²) in [6.45, 7) is 3.33. The van der Waals surface area contributed by atoms with E-state index in [1.54, 1.807) is 18.2 Å². The highest BCUT2D eigenvalue weighted by molar-refractivity contribution is 7.48. The summed E-state index contributed by atoms with van der Waals surface area (Å²) >= 11 is 0. The van der Waals surface area contributed by atoms with Gasteiger partial charge in [-0.3, -0.25) is 28.5 Å². The molecule has 1 unspecified atom stereocenters. The van der Waals surface area contributed by atoms with Crippen molar-refractivity contribution in [2.75, 3.05) is 26.9 Å². The number of nitrogens with one attached hydrogen (secondary N) is 1. The normalized spacial score (nSPS) is 21.9. The average Bonchev–Trinajstić information content (AvgIpc) is 3.29. The van der Waals surface area contributed by atoms with Gasteiger partial charge < -0.3 is 33.5 Å². The number of hydrogen-bond acceptors (Lipinski definition) is 17. The zero-order valence-electron chi connectivity index (χ0n) is 29.7. The number of nitrogens with zero attached hydrogens (tertiary/aromatic N) is 1.